The summed E-state index contributed by atoms with van der Waals surface area (Å²) in [6, 6.07) is 6.21. The maximum atomic E-state index is 13.3. The fraction of sp³-hybridized carbons (Fsp3) is 0.353. The molecule has 124 valence electrons. The van der Waals surface area contributed by atoms with Gasteiger partial charge in [0, 0.05) is 25.4 Å². The second kappa shape index (κ2) is 6.16. The maximum absolute atomic E-state index is 13.3. The fourth-order valence-corrected chi connectivity index (χ4v) is 3.07. The van der Waals surface area contributed by atoms with Gasteiger partial charge < -0.3 is 9.30 Å². The predicted molar refractivity (Wildman–Crippen MR) is 85.4 cm³/mol. The number of rotatable bonds is 4. The van der Waals surface area contributed by atoms with E-state index in [1.165, 1.54) is 16.7 Å². The van der Waals surface area contributed by atoms with Crippen LogP contribution < -0.4 is 5.56 Å². The van der Waals surface area contributed by atoms with Gasteiger partial charge in [0.05, 0.1) is 12.6 Å². The lowest BCUT2D eigenvalue weighted by Gasteiger charge is -2.09. The van der Waals surface area contributed by atoms with E-state index in [9.17, 15) is 9.18 Å². The summed E-state index contributed by atoms with van der Waals surface area (Å²) < 4.78 is 22.1. The van der Waals surface area contributed by atoms with E-state index in [4.69, 9.17) is 4.74 Å². The summed E-state index contributed by atoms with van der Waals surface area (Å²) in [5.41, 5.74) is 0.760. The molecule has 1 unspecified atom stereocenters. The Hall–Kier alpha value is -2.54. The molecule has 1 fully saturated rings. The number of hydrogen-bond donors (Lipinski definition) is 0. The summed E-state index contributed by atoms with van der Waals surface area (Å²) in [7, 11) is 0. The monoisotopic (exact) mass is 328 g/mol. The van der Waals surface area contributed by atoms with Gasteiger partial charge in [-0.25, -0.2) is 4.39 Å². The molecule has 7 heteroatoms. The Labute approximate surface area is 137 Å². The van der Waals surface area contributed by atoms with Gasteiger partial charge in [-0.2, -0.15) is 0 Å². The molecule has 0 aliphatic carbocycles. The number of hydrogen-bond acceptors (Lipinski definition) is 4. The molecular formula is C17H17FN4O2. The first-order valence-corrected chi connectivity index (χ1v) is 8.00. The lowest BCUT2D eigenvalue weighted by Crippen LogP contribution is -2.23. The van der Waals surface area contributed by atoms with Crippen molar-refractivity contribution < 1.29 is 9.13 Å². The minimum Gasteiger partial charge on any atom is -0.378 e. The summed E-state index contributed by atoms with van der Waals surface area (Å²) in [6.07, 6.45) is 6.32. The number of halogens is 1. The number of aromatic nitrogens is 4. The Kier molecular flexibility index (Phi) is 3.86. The molecule has 1 atom stereocenters. The molecule has 4 rings (SSSR count). The number of ether oxygens (including phenoxy) is 1. The molecule has 1 aliphatic heterocycles. The predicted octanol–water partition coefficient (Wildman–Crippen LogP) is 1.80. The highest BCUT2D eigenvalue weighted by atomic mass is 19.1. The van der Waals surface area contributed by atoms with E-state index >= 15 is 0 Å². The van der Waals surface area contributed by atoms with Gasteiger partial charge in [-0.05, 0) is 30.5 Å². The zero-order valence-electron chi connectivity index (χ0n) is 13.1. The third-order valence-electron chi connectivity index (χ3n) is 4.29. The molecule has 0 radical (unpaired) electrons. The van der Waals surface area contributed by atoms with Crippen LogP contribution in [0.1, 0.15) is 24.2 Å². The first-order chi connectivity index (χ1) is 11.7. The molecule has 1 aliphatic rings. The highest BCUT2D eigenvalue weighted by Crippen LogP contribution is 2.16. The zero-order chi connectivity index (χ0) is 16.5. The normalized spacial score (nSPS) is 17.6. The molecule has 3 heterocycles. The van der Waals surface area contributed by atoms with Gasteiger partial charge in [-0.1, -0.05) is 12.1 Å². The molecule has 3 aromatic rings. The molecule has 1 aromatic carbocycles. The molecule has 0 amide bonds. The van der Waals surface area contributed by atoms with E-state index in [1.807, 2.05) is 0 Å². The molecule has 24 heavy (non-hydrogen) atoms. The van der Waals surface area contributed by atoms with Crippen molar-refractivity contribution in [2.45, 2.75) is 31.9 Å². The van der Waals surface area contributed by atoms with Crippen molar-refractivity contribution in [3.8, 4) is 0 Å². The third kappa shape index (κ3) is 2.82. The highest BCUT2D eigenvalue weighted by Gasteiger charge is 2.20. The van der Waals surface area contributed by atoms with Crippen molar-refractivity contribution in [1.29, 1.82) is 0 Å². The van der Waals surface area contributed by atoms with E-state index in [1.54, 1.807) is 28.9 Å². The Bertz CT molecular complexity index is 928. The minimum atomic E-state index is -0.317. The SMILES string of the molecule is O=c1c2nnc(CC3CCCO3)n2ccn1Cc1cccc(F)c1. The Balaban J connectivity index is 1.64. The number of fused-ring (bicyclic) bond motifs is 1. The third-order valence-corrected chi connectivity index (χ3v) is 4.29. The van der Waals surface area contributed by atoms with Gasteiger partial charge in [-0.15, -0.1) is 10.2 Å². The second-order valence-electron chi connectivity index (χ2n) is 6.01. The van der Waals surface area contributed by atoms with Crippen LogP contribution in [0, 0.1) is 5.82 Å². The van der Waals surface area contributed by atoms with E-state index in [0.717, 1.165) is 30.8 Å². The van der Waals surface area contributed by atoms with Crippen LogP contribution in [0.15, 0.2) is 41.5 Å². The fourth-order valence-electron chi connectivity index (χ4n) is 3.07. The highest BCUT2D eigenvalue weighted by molar-refractivity contribution is 5.35. The minimum absolute atomic E-state index is 0.145. The summed E-state index contributed by atoms with van der Waals surface area (Å²) >= 11 is 0. The first-order valence-electron chi connectivity index (χ1n) is 8.00. The molecular weight excluding hydrogens is 311 g/mol. The summed E-state index contributed by atoms with van der Waals surface area (Å²) in [4.78, 5) is 12.6. The van der Waals surface area contributed by atoms with Crippen molar-refractivity contribution in [3.63, 3.8) is 0 Å². The number of nitrogens with zero attached hydrogens (tertiary/aromatic N) is 4. The number of benzene rings is 1. The Morgan fingerprint density at radius 1 is 1.29 bits per heavy atom. The largest absolute Gasteiger partial charge is 0.378 e. The first kappa shape index (κ1) is 15.0. The van der Waals surface area contributed by atoms with Crippen LogP contribution in [0.25, 0.3) is 5.65 Å². The van der Waals surface area contributed by atoms with Gasteiger partial charge in [0.25, 0.3) is 5.56 Å². The average molecular weight is 328 g/mol. The van der Waals surface area contributed by atoms with Gasteiger partial charge in [0.1, 0.15) is 11.6 Å². The molecule has 0 spiro atoms. The summed E-state index contributed by atoms with van der Waals surface area (Å²) in [5.74, 6) is 0.412. The van der Waals surface area contributed by atoms with E-state index in [2.05, 4.69) is 10.2 Å². The van der Waals surface area contributed by atoms with E-state index < -0.39 is 0 Å². The van der Waals surface area contributed by atoms with Crippen LogP contribution in [0.4, 0.5) is 4.39 Å². The van der Waals surface area contributed by atoms with E-state index in [0.29, 0.717) is 13.0 Å². The van der Waals surface area contributed by atoms with Gasteiger partial charge in [0.15, 0.2) is 0 Å². The van der Waals surface area contributed by atoms with Crippen LogP contribution in [-0.4, -0.2) is 31.9 Å². The quantitative estimate of drug-likeness (QED) is 0.733. The molecule has 2 aromatic heterocycles. The van der Waals surface area contributed by atoms with Crippen molar-refractivity contribution in [1.82, 2.24) is 19.2 Å². The van der Waals surface area contributed by atoms with Crippen molar-refractivity contribution in [2.24, 2.45) is 0 Å². The maximum Gasteiger partial charge on any atom is 0.296 e. The van der Waals surface area contributed by atoms with Crippen LogP contribution >= 0.6 is 0 Å². The standard InChI is InChI=1S/C17H17FN4O2/c18-13-4-1-3-12(9-13)11-21-6-7-22-15(10-14-5-2-8-24-14)19-20-16(22)17(21)23/h1,3-4,6-7,9,14H,2,5,8,10-11H2. The Morgan fingerprint density at radius 3 is 3.00 bits per heavy atom. The second-order valence-corrected chi connectivity index (χ2v) is 6.01. The van der Waals surface area contributed by atoms with Gasteiger partial charge in [-0.3, -0.25) is 9.20 Å². The topological polar surface area (TPSA) is 61.4 Å². The van der Waals surface area contributed by atoms with E-state index in [-0.39, 0.29) is 23.1 Å². The van der Waals surface area contributed by atoms with Crippen molar-refractivity contribution >= 4 is 5.65 Å². The van der Waals surface area contributed by atoms with Crippen LogP contribution in [0.3, 0.4) is 0 Å². The van der Waals surface area contributed by atoms with Gasteiger partial charge in [0.2, 0.25) is 5.65 Å². The zero-order valence-corrected chi connectivity index (χ0v) is 13.1. The van der Waals surface area contributed by atoms with Crippen LogP contribution in [0.2, 0.25) is 0 Å². The Morgan fingerprint density at radius 2 is 2.21 bits per heavy atom. The average Bonchev–Trinajstić information content (AvgIpc) is 3.21. The molecule has 6 nitrogen and oxygen atoms in total. The molecule has 1 saturated heterocycles. The lowest BCUT2D eigenvalue weighted by atomic mass is 10.2. The van der Waals surface area contributed by atoms with Gasteiger partial charge >= 0.3 is 0 Å². The van der Waals surface area contributed by atoms with Crippen molar-refractivity contribution in [3.05, 3.63) is 64.2 Å². The summed E-state index contributed by atoms with van der Waals surface area (Å²) in [5, 5.41) is 8.17. The smallest absolute Gasteiger partial charge is 0.296 e. The van der Waals surface area contributed by atoms with Crippen LogP contribution in [-0.2, 0) is 17.7 Å². The van der Waals surface area contributed by atoms with Crippen molar-refractivity contribution in [2.75, 3.05) is 6.61 Å². The molecule has 0 bridgehead atoms. The lowest BCUT2D eigenvalue weighted by molar-refractivity contribution is 0.109. The summed E-state index contributed by atoms with van der Waals surface area (Å²) in [6.45, 7) is 1.07. The van der Waals surface area contributed by atoms with Crippen LogP contribution in [0.5, 0.6) is 0 Å². The molecule has 0 saturated carbocycles. The molecule has 0 N–H and O–H groups in total.